The van der Waals surface area contributed by atoms with Crippen LogP contribution >= 0.6 is 0 Å². The van der Waals surface area contributed by atoms with Crippen LogP contribution in [0.25, 0.3) is 0 Å². The fourth-order valence-electron chi connectivity index (χ4n) is 4.44. The number of hydrogen-bond donors (Lipinski definition) is 2. The van der Waals surface area contributed by atoms with Crippen LogP contribution in [0.3, 0.4) is 0 Å². The van der Waals surface area contributed by atoms with Crippen molar-refractivity contribution in [2.75, 3.05) is 6.54 Å². The van der Waals surface area contributed by atoms with Crippen molar-refractivity contribution in [3.63, 3.8) is 0 Å². The lowest BCUT2D eigenvalue weighted by atomic mass is 9.77. The molecule has 0 spiro atoms. The predicted octanol–water partition coefficient (Wildman–Crippen LogP) is 3.73. The van der Waals surface area contributed by atoms with E-state index in [2.05, 4.69) is 29.6 Å². The minimum Gasteiger partial charge on any atom is -0.481 e. The summed E-state index contributed by atoms with van der Waals surface area (Å²) in [6.07, 6.45) is 11.0. The van der Waals surface area contributed by atoms with Crippen molar-refractivity contribution < 1.29 is 19.4 Å². The minimum atomic E-state index is -0.738. The number of ether oxygens (including phenoxy) is 1. The molecule has 2 bridgehead atoms. The van der Waals surface area contributed by atoms with Gasteiger partial charge in [-0.25, -0.2) is 0 Å². The Kier molecular flexibility index (Phi) is 7.66. The number of carbonyl (C=O) groups is 2. The van der Waals surface area contributed by atoms with Crippen LogP contribution < -0.4 is 5.32 Å². The average molecular weight is 386 g/mol. The van der Waals surface area contributed by atoms with E-state index in [1.165, 1.54) is 5.56 Å². The second kappa shape index (κ2) is 10.4. The SMILES string of the molecule is O=C(O)CCCC=CC[C@H]1[C@@H](CNC(=O)CCc2ccccc2)[C@H]2CC[C@@H]1O2. The van der Waals surface area contributed by atoms with Crippen molar-refractivity contribution in [3.05, 3.63) is 48.0 Å². The molecule has 0 unspecified atom stereocenters. The molecule has 1 aromatic carbocycles. The first-order chi connectivity index (χ1) is 13.6. The summed E-state index contributed by atoms with van der Waals surface area (Å²) in [6, 6.07) is 10.1. The fourth-order valence-corrected chi connectivity index (χ4v) is 4.44. The van der Waals surface area contributed by atoms with E-state index in [9.17, 15) is 9.59 Å². The number of fused-ring (bicyclic) bond motifs is 2. The number of hydrogen-bond acceptors (Lipinski definition) is 3. The first-order valence-electron chi connectivity index (χ1n) is 10.5. The molecular weight excluding hydrogens is 354 g/mol. The molecule has 2 aliphatic rings. The van der Waals surface area contributed by atoms with Gasteiger partial charge >= 0.3 is 5.97 Å². The molecule has 4 atom stereocenters. The van der Waals surface area contributed by atoms with Crippen molar-refractivity contribution in [1.82, 2.24) is 5.32 Å². The van der Waals surface area contributed by atoms with Crippen LogP contribution in [0.5, 0.6) is 0 Å². The monoisotopic (exact) mass is 385 g/mol. The molecule has 0 saturated carbocycles. The van der Waals surface area contributed by atoms with Gasteiger partial charge < -0.3 is 15.2 Å². The maximum atomic E-state index is 12.3. The van der Waals surface area contributed by atoms with Gasteiger partial charge in [0.25, 0.3) is 0 Å². The van der Waals surface area contributed by atoms with Gasteiger partial charge in [0, 0.05) is 25.3 Å². The van der Waals surface area contributed by atoms with Crippen molar-refractivity contribution in [2.45, 2.75) is 63.6 Å². The summed E-state index contributed by atoms with van der Waals surface area (Å²) >= 11 is 0. The standard InChI is InChI=1S/C23H31NO4/c25-22(15-12-17-8-4-3-5-9-17)24-16-19-18(20-13-14-21(19)28-20)10-6-1-2-7-11-23(26)27/h1,3-6,8-9,18-21H,2,7,10-16H2,(H,24,25)(H,26,27)/t18-,19+,20-,21+/m0/s1. The van der Waals surface area contributed by atoms with E-state index in [0.717, 1.165) is 32.1 Å². The van der Waals surface area contributed by atoms with Gasteiger partial charge in [0.2, 0.25) is 5.91 Å². The molecular formula is C23H31NO4. The zero-order chi connectivity index (χ0) is 19.8. The Labute approximate surface area is 167 Å². The Morgan fingerprint density at radius 1 is 1.07 bits per heavy atom. The quantitative estimate of drug-likeness (QED) is 0.450. The van der Waals surface area contributed by atoms with Gasteiger partial charge in [-0.3, -0.25) is 9.59 Å². The van der Waals surface area contributed by atoms with Crippen molar-refractivity contribution in [3.8, 4) is 0 Å². The lowest BCUT2D eigenvalue weighted by Gasteiger charge is -2.27. The van der Waals surface area contributed by atoms with Crippen LogP contribution in [0.2, 0.25) is 0 Å². The zero-order valence-electron chi connectivity index (χ0n) is 16.4. The zero-order valence-corrected chi connectivity index (χ0v) is 16.4. The largest absolute Gasteiger partial charge is 0.481 e. The predicted molar refractivity (Wildman–Crippen MR) is 108 cm³/mol. The Morgan fingerprint density at radius 2 is 1.82 bits per heavy atom. The van der Waals surface area contributed by atoms with E-state index in [1.807, 2.05) is 18.2 Å². The number of carbonyl (C=O) groups excluding carboxylic acids is 1. The van der Waals surface area contributed by atoms with E-state index in [-0.39, 0.29) is 18.4 Å². The Bertz CT molecular complexity index is 672. The molecule has 2 N–H and O–H groups in total. The highest BCUT2D eigenvalue weighted by molar-refractivity contribution is 5.76. The van der Waals surface area contributed by atoms with E-state index < -0.39 is 5.97 Å². The van der Waals surface area contributed by atoms with Crippen LogP contribution in [0.15, 0.2) is 42.5 Å². The number of carboxylic acids is 1. The van der Waals surface area contributed by atoms with Gasteiger partial charge in [0.15, 0.2) is 0 Å². The van der Waals surface area contributed by atoms with Crippen LogP contribution in [0.1, 0.15) is 50.5 Å². The molecule has 5 heteroatoms. The second-order valence-corrected chi connectivity index (χ2v) is 7.90. The number of benzene rings is 1. The van der Waals surface area contributed by atoms with Crippen molar-refractivity contribution in [1.29, 1.82) is 0 Å². The number of amides is 1. The first-order valence-corrected chi connectivity index (χ1v) is 10.5. The molecule has 0 radical (unpaired) electrons. The van der Waals surface area contributed by atoms with Crippen LogP contribution in [-0.2, 0) is 20.7 Å². The van der Waals surface area contributed by atoms with Crippen LogP contribution in [-0.4, -0.2) is 35.7 Å². The molecule has 1 aromatic rings. The van der Waals surface area contributed by atoms with Gasteiger partial charge in [0.1, 0.15) is 0 Å². The van der Waals surface area contributed by atoms with E-state index in [4.69, 9.17) is 9.84 Å². The number of aliphatic carboxylic acids is 1. The third-order valence-corrected chi connectivity index (χ3v) is 5.95. The molecule has 1 amide bonds. The van der Waals surface area contributed by atoms with Gasteiger partial charge in [-0.1, -0.05) is 42.5 Å². The minimum absolute atomic E-state index is 0.106. The number of nitrogens with one attached hydrogen (secondary N) is 1. The number of unbranched alkanes of at least 4 members (excludes halogenated alkanes) is 1. The highest BCUT2D eigenvalue weighted by Crippen LogP contribution is 2.44. The molecule has 3 rings (SSSR count). The fraction of sp³-hybridized carbons (Fsp3) is 0.565. The molecule has 0 aromatic heterocycles. The summed E-state index contributed by atoms with van der Waals surface area (Å²) in [5.74, 6) is 0.194. The topological polar surface area (TPSA) is 75.6 Å². The Morgan fingerprint density at radius 3 is 2.57 bits per heavy atom. The maximum Gasteiger partial charge on any atom is 0.303 e. The highest BCUT2D eigenvalue weighted by Gasteiger charge is 2.47. The van der Waals surface area contributed by atoms with Crippen LogP contribution in [0, 0.1) is 11.8 Å². The highest BCUT2D eigenvalue weighted by atomic mass is 16.5. The van der Waals surface area contributed by atoms with Gasteiger partial charge in [-0.15, -0.1) is 0 Å². The molecule has 152 valence electrons. The number of aryl methyl sites for hydroxylation is 1. The Hall–Kier alpha value is -2.14. The molecule has 28 heavy (non-hydrogen) atoms. The lowest BCUT2D eigenvalue weighted by Crippen LogP contribution is -2.38. The summed E-state index contributed by atoms with van der Waals surface area (Å²) < 4.78 is 6.11. The van der Waals surface area contributed by atoms with Gasteiger partial charge in [-0.05, 0) is 50.0 Å². The number of rotatable bonds is 11. The van der Waals surface area contributed by atoms with E-state index in [1.54, 1.807) is 0 Å². The summed E-state index contributed by atoms with van der Waals surface area (Å²) in [5, 5.41) is 11.8. The third kappa shape index (κ3) is 5.93. The van der Waals surface area contributed by atoms with Gasteiger partial charge in [0.05, 0.1) is 12.2 Å². The Balaban J connectivity index is 1.40. The first kappa shape index (κ1) is 20.6. The normalized spacial score (nSPS) is 26.0. The summed E-state index contributed by atoms with van der Waals surface area (Å²) in [7, 11) is 0. The van der Waals surface area contributed by atoms with Crippen molar-refractivity contribution in [2.24, 2.45) is 11.8 Å². The smallest absolute Gasteiger partial charge is 0.303 e. The number of allylic oxidation sites excluding steroid dienone is 2. The average Bonchev–Trinajstić information content (AvgIpc) is 3.30. The number of carboxylic acid groups (broad SMARTS) is 1. The van der Waals surface area contributed by atoms with Crippen molar-refractivity contribution >= 4 is 11.9 Å². The molecule has 2 saturated heterocycles. The van der Waals surface area contributed by atoms with E-state index >= 15 is 0 Å². The molecule has 5 nitrogen and oxygen atoms in total. The molecule has 2 heterocycles. The third-order valence-electron chi connectivity index (χ3n) is 5.95. The molecule has 2 fully saturated rings. The van der Waals surface area contributed by atoms with E-state index in [0.29, 0.717) is 37.3 Å². The summed E-state index contributed by atoms with van der Waals surface area (Å²) in [5.41, 5.74) is 1.19. The lowest BCUT2D eigenvalue weighted by molar-refractivity contribution is -0.137. The molecule has 2 aliphatic heterocycles. The summed E-state index contributed by atoms with van der Waals surface area (Å²) in [4.78, 5) is 22.8. The molecule has 0 aliphatic carbocycles. The summed E-state index contributed by atoms with van der Waals surface area (Å²) in [6.45, 7) is 0.687. The second-order valence-electron chi connectivity index (χ2n) is 7.90. The van der Waals surface area contributed by atoms with Crippen LogP contribution in [0.4, 0.5) is 0 Å². The van der Waals surface area contributed by atoms with Gasteiger partial charge in [-0.2, -0.15) is 0 Å². The maximum absolute atomic E-state index is 12.3.